The van der Waals surface area contributed by atoms with Crippen molar-refractivity contribution in [2.45, 2.75) is 6.54 Å². The first kappa shape index (κ1) is 11.7. The molecule has 1 aromatic heterocycles. The van der Waals surface area contributed by atoms with E-state index < -0.39 is 5.97 Å². The number of carboxylic acids is 1. The highest BCUT2D eigenvalue weighted by Gasteiger charge is 2.09. The molecule has 2 aromatic rings. The lowest BCUT2D eigenvalue weighted by Crippen LogP contribution is -2.01. The molecule has 0 unspecified atom stereocenters. The zero-order valence-corrected chi connectivity index (χ0v) is 10.1. The van der Waals surface area contributed by atoms with Gasteiger partial charge in [0.25, 0.3) is 0 Å². The number of nitrogens with zero attached hydrogens (tertiary/aromatic N) is 3. The van der Waals surface area contributed by atoms with Crippen LogP contribution in [0, 0.1) is 5.82 Å². The molecule has 88 valence electrons. The third kappa shape index (κ3) is 2.68. The molecule has 2 rings (SSSR count). The number of hydrogen-bond acceptors (Lipinski definition) is 3. The van der Waals surface area contributed by atoms with Crippen LogP contribution in [0.25, 0.3) is 0 Å². The number of rotatable bonds is 3. The molecular formula is C10H7BrFN3O2. The van der Waals surface area contributed by atoms with E-state index in [1.54, 1.807) is 6.07 Å². The van der Waals surface area contributed by atoms with Gasteiger partial charge in [-0.2, -0.15) is 0 Å². The number of halogens is 2. The van der Waals surface area contributed by atoms with Crippen LogP contribution in [-0.4, -0.2) is 26.1 Å². The normalized spacial score (nSPS) is 10.5. The molecule has 0 aliphatic heterocycles. The maximum Gasteiger partial charge on any atom is 0.358 e. The Bertz CT molecular complexity index is 570. The van der Waals surface area contributed by atoms with Crippen molar-refractivity contribution in [1.29, 1.82) is 0 Å². The van der Waals surface area contributed by atoms with Gasteiger partial charge in [-0.25, -0.2) is 13.9 Å². The molecule has 0 atom stereocenters. The number of aromatic nitrogens is 3. The van der Waals surface area contributed by atoms with Gasteiger partial charge in [0.2, 0.25) is 0 Å². The van der Waals surface area contributed by atoms with Crippen LogP contribution in [0.15, 0.2) is 28.9 Å². The quantitative estimate of drug-likeness (QED) is 0.940. The van der Waals surface area contributed by atoms with Crippen LogP contribution in [-0.2, 0) is 6.54 Å². The molecule has 0 fully saturated rings. The van der Waals surface area contributed by atoms with E-state index in [2.05, 4.69) is 26.2 Å². The van der Waals surface area contributed by atoms with Crippen LogP contribution < -0.4 is 0 Å². The number of benzene rings is 1. The van der Waals surface area contributed by atoms with E-state index in [9.17, 15) is 9.18 Å². The van der Waals surface area contributed by atoms with Crippen LogP contribution in [0.2, 0.25) is 0 Å². The van der Waals surface area contributed by atoms with E-state index in [1.807, 2.05) is 0 Å². The number of hydrogen-bond donors (Lipinski definition) is 1. The van der Waals surface area contributed by atoms with Crippen molar-refractivity contribution in [3.05, 3.63) is 45.9 Å². The van der Waals surface area contributed by atoms with Crippen molar-refractivity contribution >= 4 is 21.9 Å². The highest BCUT2D eigenvalue weighted by atomic mass is 79.9. The van der Waals surface area contributed by atoms with E-state index in [0.717, 1.165) is 5.56 Å². The Morgan fingerprint density at radius 2 is 2.29 bits per heavy atom. The van der Waals surface area contributed by atoms with Gasteiger partial charge in [-0.15, -0.1) is 5.10 Å². The highest BCUT2D eigenvalue weighted by molar-refractivity contribution is 9.10. The summed E-state index contributed by atoms with van der Waals surface area (Å²) < 4.78 is 14.8. The number of aromatic carboxylic acids is 1. The predicted molar refractivity (Wildman–Crippen MR) is 60.2 cm³/mol. The minimum Gasteiger partial charge on any atom is -0.476 e. The molecule has 1 aromatic carbocycles. The van der Waals surface area contributed by atoms with Crippen LogP contribution in [0.4, 0.5) is 4.39 Å². The lowest BCUT2D eigenvalue weighted by molar-refractivity contribution is 0.0690. The molecule has 0 amide bonds. The second-order valence-electron chi connectivity index (χ2n) is 3.34. The topological polar surface area (TPSA) is 68.0 Å². The highest BCUT2D eigenvalue weighted by Crippen LogP contribution is 2.18. The zero-order chi connectivity index (χ0) is 12.4. The summed E-state index contributed by atoms with van der Waals surface area (Å²) >= 11 is 3.22. The van der Waals surface area contributed by atoms with Crippen molar-refractivity contribution in [2.75, 3.05) is 0 Å². The smallest absolute Gasteiger partial charge is 0.358 e. The fourth-order valence-corrected chi connectivity index (χ4v) is 1.77. The van der Waals surface area contributed by atoms with Crippen LogP contribution in [0.5, 0.6) is 0 Å². The monoisotopic (exact) mass is 299 g/mol. The summed E-state index contributed by atoms with van der Waals surface area (Å²) in [5.41, 5.74) is 0.663. The fourth-order valence-electron chi connectivity index (χ4n) is 1.30. The Morgan fingerprint density at radius 3 is 2.88 bits per heavy atom. The largest absolute Gasteiger partial charge is 0.476 e. The van der Waals surface area contributed by atoms with Crippen molar-refractivity contribution in [3.8, 4) is 0 Å². The van der Waals surface area contributed by atoms with Gasteiger partial charge < -0.3 is 5.11 Å². The summed E-state index contributed by atoms with van der Waals surface area (Å²) in [5.74, 6) is -1.47. The SMILES string of the molecule is O=C(O)c1cn(Cc2ccc(F)cc2Br)nn1. The second-order valence-corrected chi connectivity index (χ2v) is 4.20. The van der Waals surface area contributed by atoms with Gasteiger partial charge in [-0.1, -0.05) is 27.2 Å². The van der Waals surface area contributed by atoms with Crippen LogP contribution in [0.3, 0.4) is 0 Å². The molecule has 0 bridgehead atoms. The standard InChI is InChI=1S/C10H7BrFN3O2/c11-8-3-7(12)2-1-6(8)4-15-5-9(10(16)17)13-14-15/h1-3,5H,4H2,(H,16,17). The molecule has 0 spiro atoms. The lowest BCUT2D eigenvalue weighted by atomic mass is 10.2. The maximum absolute atomic E-state index is 12.9. The summed E-state index contributed by atoms with van der Waals surface area (Å²) in [6, 6.07) is 4.26. The second kappa shape index (κ2) is 4.62. The molecule has 17 heavy (non-hydrogen) atoms. The van der Waals surface area contributed by atoms with Crippen molar-refractivity contribution < 1.29 is 14.3 Å². The minimum atomic E-state index is -1.13. The Kier molecular flexibility index (Phi) is 3.19. The van der Waals surface area contributed by atoms with E-state index in [4.69, 9.17) is 5.11 Å². The Balaban J connectivity index is 2.22. The van der Waals surface area contributed by atoms with Gasteiger partial charge in [-0.3, -0.25) is 0 Å². The summed E-state index contributed by atoms with van der Waals surface area (Å²) in [7, 11) is 0. The molecule has 0 saturated carbocycles. The number of carbonyl (C=O) groups is 1. The molecular weight excluding hydrogens is 293 g/mol. The van der Waals surface area contributed by atoms with Gasteiger partial charge in [-0.05, 0) is 17.7 Å². The third-order valence-corrected chi connectivity index (χ3v) is 2.84. The van der Waals surface area contributed by atoms with E-state index in [-0.39, 0.29) is 11.5 Å². The fraction of sp³-hybridized carbons (Fsp3) is 0.100. The molecule has 1 N–H and O–H groups in total. The van der Waals surface area contributed by atoms with Crippen molar-refractivity contribution in [3.63, 3.8) is 0 Å². The summed E-state index contributed by atoms with van der Waals surface area (Å²) in [4.78, 5) is 10.6. The van der Waals surface area contributed by atoms with Gasteiger partial charge in [0.15, 0.2) is 5.69 Å². The molecule has 0 aliphatic rings. The molecule has 1 heterocycles. The summed E-state index contributed by atoms with van der Waals surface area (Å²) in [6.07, 6.45) is 1.32. The first-order valence-electron chi connectivity index (χ1n) is 4.63. The Morgan fingerprint density at radius 1 is 1.53 bits per heavy atom. The van der Waals surface area contributed by atoms with Gasteiger partial charge in [0, 0.05) is 4.47 Å². The van der Waals surface area contributed by atoms with E-state index >= 15 is 0 Å². The molecule has 0 radical (unpaired) electrons. The van der Waals surface area contributed by atoms with Gasteiger partial charge in [0.05, 0.1) is 12.7 Å². The molecule has 7 heteroatoms. The van der Waals surface area contributed by atoms with E-state index in [0.29, 0.717) is 11.0 Å². The Labute approximate surface area is 104 Å². The summed E-state index contributed by atoms with van der Waals surface area (Å²) in [6.45, 7) is 0.321. The zero-order valence-electron chi connectivity index (χ0n) is 8.47. The lowest BCUT2D eigenvalue weighted by Gasteiger charge is -2.03. The average Bonchev–Trinajstić information content (AvgIpc) is 2.71. The van der Waals surface area contributed by atoms with E-state index in [1.165, 1.54) is 23.0 Å². The minimum absolute atomic E-state index is 0.122. The maximum atomic E-state index is 12.9. The third-order valence-electron chi connectivity index (χ3n) is 2.11. The van der Waals surface area contributed by atoms with Crippen LogP contribution in [0.1, 0.15) is 16.1 Å². The van der Waals surface area contributed by atoms with Gasteiger partial charge in [0.1, 0.15) is 5.82 Å². The van der Waals surface area contributed by atoms with Crippen molar-refractivity contribution in [1.82, 2.24) is 15.0 Å². The average molecular weight is 300 g/mol. The predicted octanol–water partition coefficient (Wildman–Crippen LogP) is 1.93. The first-order valence-corrected chi connectivity index (χ1v) is 5.43. The first-order chi connectivity index (χ1) is 8.06. The van der Waals surface area contributed by atoms with Gasteiger partial charge >= 0.3 is 5.97 Å². The van der Waals surface area contributed by atoms with Crippen LogP contribution >= 0.6 is 15.9 Å². The van der Waals surface area contributed by atoms with Crippen molar-refractivity contribution in [2.24, 2.45) is 0 Å². The number of carboxylic acid groups (broad SMARTS) is 1. The summed E-state index contributed by atoms with van der Waals surface area (Å²) in [5, 5.41) is 15.8. The molecule has 5 nitrogen and oxygen atoms in total. The molecule has 0 aliphatic carbocycles. The molecule has 0 saturated heterocycles. The Hall–Kier alpha value is -1.76.